The molecule has 0 fully saturated rings. The number of fused-ring (bicyclic) bond motifs is 2. The van der Waals surface area contributed by atoms with E-state index >= 15 is 0 Å². The van der Waals surface area contributed by atoms with Crippen molar-refractivity contribution in [3.63, 3.8) is 0 Å². The molecule has 0 saturated carbocycles. The topological polar surface area (TPSA) is 33.5 Å². The maximum absolute atomic E-state index is 12.2. The van der Waals surface area contributed by atoms with Crippen molar-refractivity contribution in [3.05, 3.63) is 52.2 Å². The average molecular weight is 253 g/mol. The van der Waals surface area contributed by atoms with E-state index in [0.29, 0.717) is 16.9 Å². The van der Waals surface area contributed by atoms with E-state index in [4.69, 9.17) is 4.42 Å². The number of benzene rings is 2. The van der Waals surface area contributed by atoms with Gasteiger partial charge in [0.25, 0.3) is 0 Å². The first-order valence-corrected chi connectivity index (χ1v) is 6.21. The lowest BCUT2D eigenvalue weighted by Crippen LogP contribution is -2.12. The summed E-state index contributed by atoms with van der Waals surface area (Å²) in [5, 5.41) is 2.83. The molecular formula is C16H15NO2. The Morgan fingerprint density at radius 1 is 1.05 bits per heavy atom. The van der Waals surface area contributed by atoms with Crippen LogP contribution in [0.15, 0.2) is 45.6 Å². The highest BCUT2D eigenvalue weighted by atomic mass is 16.4. The molecule has 3 nitrogen and oxygen atoms in total. The Balaban J connectivity index is 2.51. The minimum absolute atomic E-state index is 0.00111. The van der Waals surface area contributed by atoms with Gasteiger partial charge in [0.1, 0.15) is 5.58 Å². The first-order chi connectivity index (χ1) is 9.08. The third-order valence-electron chi connectivity index (χ3n) is 3.42. The maximum Gasteiger partial charge on any atom is 0.199 e. The van der Waals surface area contributed by atoms with E-state index in [2.05, 4.69) is 0 Å². The van der Waals surface area contributed by atoms with E-state index in [1.165, 1.54) is 6.07 Å². The summed E-state index contributed by atoms with van der Waals surface area (Å²) in [5.41, 5.74) is 1.68. The molecule has 0 N–H and O–H groups in total. The fraction of sp³-hybridized carbons (Fsp3) is 0.188. The third-order valence-corrected chi connectivity index (χ3v) is 3.42. The number of nitrogens with zero attached hydrogens (tertiary/aromatic N) is 1. The summed E-state index contributed by atoms with van der Waals surface area (Å²) >= 11 is 0. The normalized spacial score (nSPS) is 11.1. The van der Waals surface area contributed by atoms with E-state index in [1.54, 1.807) is 4.90 Å². The van der Waals surface area contributed by atoms with Crippen molar-refractivity contribution >= 4 is 27.6 Å². The molecule has 0 amide bonds. The van der Waals surface area contributed by atoms with Crippen LogP contribution in [0.1, 0.15) is 5.56 Å². The molecule has 19 heavy (non-hydrogen) atoms. The Hall–Kier alpha value is -2.29. The summed E-state index contributed by atoms with van der Waals surface area (Å²) in [4.78, 5) is 14.0. The van der Waals surface area contributed by atoms with Crippen LogP contribution in [0.2, 0.25) is 0 Å². The number of hydrogen-bond acceptors (Lipinski definition) is 3. The Morgan fingerprint density at radius 3 is 2.53 bits per heavy atom. The number of anilines is 1. The molecule has 2 aromatic carbocycles. The molecule has 1 aromatic heterocycles. The van der Waals surface area contributed by atoms with Crippen LogP contribution in [-0.4, -0.2) is 14.1 Å². The van der Waals surface area contributed by atoms with Crippen molar-refractivity contribution in [2.45, 2.75) is 6.92 Å². The fourth-order valence-electron chi connectivity index (χ4n) is 2.37. The molecule has 0 saturated heterocycles. The van der Waals surface area contributed by atoms with Crippen LogP contribution < -0.4 is 10.3 Å². The van der Waals surface area contributed by atoms with Gasteiger partial charge >= 0.3 is 0 Å². The molecule has 0 aliphatic rings. The van der Waals surface area contributed by atoms with Crippen molar-refractivity contribution < 1.29 is 4.42 Å². The van der Waals surface area contributed by atoms with Gasteiger partial charge in [-0.25, -0.2) is 0 Å². The Bertz CT molecular complexity index is 831. The summed E-state index contributed by atoms with van der Waals surface area (Å²) in [6.07, 6.45) is 0. The molecule has 0 radical (unpaired) electrons. The van der Waals surface area contributed by atoms with E-state index in [-0.39, 0.29) is 5.43 Å². The zero-order valence-corrected chi connectivity index (χ0v) is 11.2. The van der Waals surface area contributed by atoms with Crippen LogP contribution in [0.25, 0.3) is 21.7 Å². The van der Waals surface area contributed by atoms with Crippen LogP contribution in [0.3, 0.4) is 0 Å². The highest BCUT2D eigenvalue weighted by Crippen LogP contribution is 2.28. The molecule has 3 heteroatoms. The van der Waals surface area contributed by atoms with E-state index in [0.717, 1.165) is 16.3 Å². The minimum Gasteiger partial charge on any atom is -0.440 e. The van der Waals surface area contributed by atoms with E-state index in [1.807, 2.05) is 51.4 Å². The second-order valence-electron chi connectivity index (χ2n) is 4.94. The van der Waals surface area contributed by atoms with Gasteiger partial charge in [-0.3, -0.25) is 4.79 Å². The minimum atomic E-state index is -0.00111. The van der Waals surface area contributed by atoms with Crippen molar-refractivity contribution in [1.29, 1.82) is 0 Å². The Labute approximate surface area is 111 Å². The molecule has 1 heterocycles. The van der Waals surface area contributed by atoms with Gasteiger partial charge in [0.2, 0.25) is 0 Å². The summed E-state index contributed by atoms with van der Waals surface area (Å²) in [5.74, 6) is 0.580. The zero-order valence-electron chi connectivity index (χ0n) is 11.2. The first-order valence-electron chi connectivity index (χ1n) is 6.21. The van der Waals surface area contributed by atoms with Crippen LogP contribution in [0.5, 0.6) is 0 Å². The molecular weight excluding hydrogens is 238 g/mol. The molecule has 0 atom stereocenters. The molecule has 0 bridgehead atoms. The summed E-state index contributed by atoms with van der Waals surface area (Å²) in [7, 11) is 3.72. The van der Waals surface area contributed by atoms with Crippen LogP contribution in [0, 0.1) is 6.92 Å². The fourth-order valence-corrected chi connectivity index (χ4v) is 2.37. The van der Waals surface area contributed by atoms with Gasteiger partial charge in [0, 0.05) is 25.7 Å². The quantitative estimate of drug-likeness (QED) is 0.624. The van der Waals surface area contributed by atoms with Gasteiger partial charge in [-0.15, -0.1) is 0 Å². The van der Waals surface area contributed by atoms with Gasteiger partial charge < -0.3 is 9.32 Å². The molecule has 0 aliphatic heterocycles. The molecule has 0 unspecified atom stereocenters. The number of aryl methyl sites for hydroxylation is 1. The standard InChI is InChI=1S/C16H15NO2/c1-10-12-7-5-4-6-11(12)8-13-14(18)9-15(17(2)3)19-16(10)13/h4-9H,1-3H3. The molecule has 0 aliphatic carbocycles. The third kappa shape index (κ3) is 1.78. The van der Waals surface area contributed by atoms with Gasteiger partial charge in [-0.1, -0.05) is 24.3 Å². The van der Waals surface area contributed by atoms with Crippen molar-refractivity contribution in [1.82, 2.24) is 0 Å². The highest BCUT2D eigenvalue weighted by Gasteiger charge is 2.11. The SMILES string of the molecule is Cc1c2ccccc2cc2c(=O)cc(N(C)C)oc12. The summed E-state index contributed by atoms with van der Waals surface area (Å²) < 4.78 is 5.87. The van der Waals surface area contributed by atoms with E-state index < -0.39 is 0 Å². The first kappa shape index (κ1) is 11.8. The Morgan fingerprint density at radius 2 is 1.79 bits per heavy atom. The smallest absolute Gasteiger partial charge is 0.199 e. The van der Waals surface area contributed by atoms with Gasteiger partial charge in [-0.05, 0) is 23.8 Å². The van der Waals surface area contributed by atoms with Gasteiger partial charge in [-0.2, -0.15) is 0 Å². The molecule has 3 rings (SSSR count). The van der Waals surface area contributed by atoms with Crippen LogP contribution >= 0.6 is 0 Å². The summed E-state index contributed by atoms with van der Waals surface area (Å²) in [6.45, 7) is 1.99. The predicted octanol–water partition coefficient (Wildman–Crippen LogP) is 3.32. The van der Waals surface area contributed by atoms with Gasteiger partial charge in [0.05, 0.1) is 5.39 Å². The second-order valence-corrected chi connectivity index (χ2v) is 4.94. The lowest BCUT2D eigenvalue weighted by Gasteiger charge is -2.13. The summed E-state index contributed by atoms with van der Waals surface area (Å²) in [6, 6.07) is 11.5. The second kappa shape index (κ2) is 4.12. The van der Waals surface area contributed by atoms with Crippen LogP contribution in [-0.2, 0) is 0 Å². The Kier molecular flexibility index (Phi) is 2.56. The molecule has 3 aromatic rings. The molecule has 96 valence electrons. The van der Waals surface area contributed by atoms with Crippen molar-refractivity contribution in [2.24, 2.45) is 0 Å². The largest absolute Gasteiger partial charge is 0.440 e. The van der Waals surface area contributed by atoms with Crippen LogP contribution in [0.4, 0.5) is 5.88 Å². The number of rotatable bonds is 1. The maximum atomic E-state index is 12.2. The van der Waals surface area contributed by atoms with Crippen molar-refractivity contribution in [2.75, 3.05) is 19.0 Å². The molecule has 0 spiro atoms. The lowest BCUT2D eigenvalue weighted by molar-refractivity contribution is 0.596. The monoisotopic (exact) mass is 253 g/mol. The van der Waals surface area contributed by atoms with Gasteiger partial charge in [0.15, 0.2) is 11.3 Å². The predicted molar refractivity (Wildman–Crippen MR) is 79.1 cm³/mol. The average Bonchev–Trinajstić information content (AvgIpc) is 2.40. The van der Waals surface area contributed by atoms with E-state index in [9.17, 15) is 4.79 Å². The zero-order chi connectivity index (χ0) is 13.6. The number of hydrogen-bond donors (Lipinski definition) is 0. The highest BCUT2D eigenvalue weighted by molar-refractivity contribution is 5.99. The lowest BCUT2D eigenvalue weighted by atomic mass is 10.0. The van der Waals surface area contributed by atoms with Crippen molar-refractivity contribution in [3.8, 4) is 0 Å².